The van der Waals surface area contributed by atoms with Crippen LogP contribution in [-0.4, -0.2) is 10.1 Å². The van der Waals surface area contributed by atoms with Crippen LogP contribution in [0.4, 0.5) is 0 Å². The molecular formula is C13H18Br2O. The van der Waals surface area contributed by atoms with Gasteiger partial charge in [-0.05, 0) is 55.3 Å². The molecule has 16 heavy (non-hydrogen) atoms. The molecule has 0 N–H and O–H groups in total. The van der Waals surface area contributed by atoms with Crippen LogP contribution in [0.2, 0.25) is 0 Å². The van der Waals surface area contributed by atoms with Crippen LogP contribution >= 0.6 is 31.9 Å². The lowest BCUT2D eigenvalue weighted by atomic mass is 9.63. The van der Waals surface area contributed by atoms with Crippen LogP contribution in [0.15, 0.2) is 10.6 Å². The van der Waals surface area contributed by atoms with Gasteiger partial charge in [0.1, 0.15) is 5.78 Å². The van der Waals surface area contributed by atoms with Crippen molar-refractivity contribution < 1.29 is 4.79 Å². The second-order valence-electron chi connectivity index (χ2n) is 5.40. The molecule has 2 aliphatic rings. The monoisotopic (exact) mass is 348 g/mol. The van der Waals surface area contributed by atoms with E-state index in [1.165, 1.54) is 18.4 Å². The number of allylic oxidation sites excluding steroid dienone is 1. The molecular weight excluding hydrogens is 332 g/mol. The van der Waals surface area contributed by atoms with Crippen LogP contribution in [0.1, 0.15) is 46.0 Å². The van der Waals surface area contributed by atoms with Crippen LogP contribution in [0, 0.1) is 11.3 Å². The molecule has 1 nitrogen and oxygen atoms in total. The van der Waals surface area contributed by atoms with Crippen LogP contribution in [-0.2, 0) is 4.79 Å². The number of ketones is 1. The number of alkyl halides is 1. The molecule has 2 saturated carbocycles. The summed E-state index contributed by atoms with van der Waals surface area (Å²) >= 11 is 7.26. The Labute approximate surface area is 114 Å². The zero-order valence-electron chi connectivity index (χ0n) is 9.85. The summed E-state index contributed by atoms with van der Waals surface area (Å²) in [4.78, 5) is 14.0. The molecule has 0 spiro atoms. The van der Waals surface area contributed by atoms with Crippen LogP contribution in [0.3, 0.4) is 0 Å². The van der Waals surface area contributed by atoms with Gasteiger partial charge in [-0.3, -0.25) is 4.79 Å². The van der Waals surface area contributed by atoms with Crippen LogP contribution < -0.4 is 0 Å². The van der Waals surface area contributed by atoms with Crippen molar-refractivity contribution in [1.29, 1.82) is 0 Å². The molecule has 0 aromatic carbocycles. The molecule has 0 amide bonds. The minimum absolute atomic E-state index is 0.108. The van der Waals surface area contributed by atoms with Gasteiger partial charge in [-0.1, -0.05) is 44.4 Å². The summed E-state index contributed by atoms with van der Waals surface area (Å²) in [5.41, 5.74) is 1.60. The standard InChI is InChI=1S/C13H18Br2O/c1-9(16)13(15)7-5-11-10(8-14)4-3-6-12(11,13)2/h8,11H,3-7H2,1-2H3/t11-,12-,13-/m0/s1. The van der Waals surface area contributed by atoms with Gasteiger partial charge < -0.3 is 0 Å². The van der Waals surface area contributed by atoms with E-state index in [4.69, 9.17) is 0 Å². The largest absolute Gasteiger partial charge is 0.298 e. The van der Waals surface area contributed by atoms with Crippen molar-refractivity contribution in [3.63, 3.8) is 0 Å². The Morgan fingerprint density at radius 2 is 2.19 bits per heavy atom. The fourth-order valence-electron chi connectivity index (χ4n) is 3.73. The SMILES string of the molecule is CC(=O)[C@@]1(Br)CC[C@H]2C(=CBr)CCC[C@@]21C. The number of hydrogen-bond acceptors (Lipinski definition) is 1. The highest BCUT2D eigenvalue weighted by Gasteiger charge is 2.59. The smallest absolute Gasteiger partial charge is 0.147 e. The lowest BCUT2D eigenvalue weighted by Gasteiger charge is -2.45. The first-order valence-corrected chi connectivity index (χ1v) is 7.65. The predicted molar refractivity (Wildman–Crippen MR) is 74.0 cm³/mol. The van der Waals surface area contributed by atoms with E-state index in [1.807, 2.05) is 0 Å². The second kappa shape index (κ2) is 4.24. The molecule has 0 bridgehead atoms. The molecule has 2 fully saturated rings. The van der Waals surface area contributed by atoms with E-state index in [0.717, 1.165) is 19.3 Å². The Morgan fingerprint density at radius 3 is 2.75 bits per heavy atom. The van der Waals surface area contributed by atoms with Gasteiger partial charge in [0, 0.05) is 0 Å². The maximum atomic E-state index is 11.9. The molecule has 0 aromatic rings. The zero-order chi connectivity index (χ0) is 12.0. The van der Waals surface area contributed by atoms with Gasteiger partial charge in [0.15, 0.2) is 0 Å². The van der Waals surface area contributed by atoms with Crippen molar-refractivity contribution in [2.75, 3.05) is 0 Å². The Balaban J connectivity index is 2.42. The topological polar surface area (TPSA) is 17.1 Å². The molecule has 2 aliphatic carbocycles. The third-order valence-electron chi connectivity index (χ3n) is 4.76. The van der Waals surface area contributed by atoms with Gasteiger partial charge in [-0.15, -0.1) is 0 Å². The number of Topliss-reactive ketones (excluding diaryl/α,β-unsaturated/α-hetero) is 1. The predicted octanol–water partition coefficient (Wildman–Crippen LogP) is 4.59. The molecule has 0 radical (unpaired) electrons. The molecule has 3 atom stereocenters. The first-order valence-electron chi connectivity index (χ1n) is 5.95. The molecule has 90 valence electrons. The number of hydrogen-bond donors (Lipinski definition) is 0. The first-order chi connectivity index (χ1) is 7.45. The number of rotatable bonds is 1. The molecule has 2 rings (SSSR count). The molecule has 0 aromatic heterocycles. The lowest BCUT2D eigenvalue weighted by Crippen LogP contribution is -2.47. The third kappa shape index (κ3) is 1.58. The maximum absolute atomic E-state index is 11.9. The van der Waals surface area contributed by atoms with Crippen molar-refractivity contribution in [3.8, 4) is 0 Å². The summed E-state index contributed by atoms with van der Waals surface area (Å²) < 4.78 is -0.285. The summed E-state index contributed by atoms with van der Waals surface area (Å²) in [6.45, 7) is 4.02. The van der Waals surface area contributed by atoms with Crippen molar-refractivity contribution in [2.24, 2.45) is 11.3 Å². The van der Waals surface area contributed by atoms with E-state index in [2.05, 4.69) is 43.8 Å². The highest BCUT2D eigenvalue weighted by Crippen LogP contribution is 2.63. The molecule has 0 aliphatic heterocycles. The zero-order valence-corrected chi connectivity index (χ0v) is 13.0. The highest BCUT2D eigenvalue weighted by molar-refractivity contribution is 9.11. The number of halogens is 2. The van der Waals surface area contributed by atoms with Crippen LogP contribution in [0.25, 0.3) is 0 Å². The summed E-state index contributed by atoms with van der Waals surface area (Å²) in [5.74, 6) is 0.872. The van der Waals surface area contributed by atoms with Crippen molar-refractivity contribution in [1.82, 2.24) is 0 Å². The average molecular weight is 350 g/mol. The second-order valence-corrected chi connectivity index (χ2v) is 7.22. The number of fused-ring (bicyclic) bond motifs is 1. The fourth-order valence-corrected chi connectivity index (χ4v) is 4.98. The third-order valence-corrected chi connectivity index (χ3v) is 7.21. The maximum Gasteiger partial charge on any atom is 0.147 e. The summed E-state index contributed by atoms with van der Waals surface area (Å²) in [5, 5.41) is 0. The van der Waals surface area contributed by atoms with E-state index in [9.17, 15) is 4.79 Å². The fraction of sp³-hybridized carbons (Fsp3) is 0.769. The Morgan fingerprint density at radius 1 is 1.50 bits per heavy atom. The van der Waals surface area contributed by atoms with Crippen LogP contribution in [0.5, 0.6) is 0 Å². The summed E-state index contributed by atoms with van der Waals surface area (Å²) in [7, 11) is 0. The van der Waals surface area contributed by atoms with Gasteiger partial charge >= 0.3 is 0 Å². The van der Waals surface area contributed by atoms with E-state index < -0.39 is 0 Å². The van der Waals surface area contributed by atoms with Gasteiger partial charge in [-0.2, -0.15) is 0 Å². The average Bonchev–Trinajstić information content (AvgIpc) is 2.52. The van der Waals surface area contributed by atoms with Crippen molar-refractivity contribution >= 4 is 37.6 Å². The van der Waals surface area contributed by atoms with E-state index in [0.29, 0.717) is 11.7 Å². The van der Waals surface area contributed by atoms with Crippen molar-refractivity contribution in [2.45, 2.75) is 50.3 Å². The minimum Gasteiger partial charge on any atom is -0.298 e. The van der Waals surface area contributed by atoms with Gasteiger partial charge in [-0.25, -0.2) is 0 Å². The van der Waals surface area contributed by atoms with E-state index in [-0.39, 0.29) is 9.74 Å². The lowest BCUT2D eigenvalue weighted by molar-refractivity contribution is -0.122. The Kier molecular flexibility index (Phi) is 3.39. The highest BCUT2D eigenvalue weighted by atomic mass is 79.9. The van der Waals surface area contributed by atoms with E-state index >= 15 is 0 Å². The number of carbonyl (C=O) groups excluding carboxylic acids is 1. The molecule has 0 heterocycles. The molecule has 0 unspecified atom stereocenters. The quantitative estimate of drug-likeness (QED) is 0.633. The first kappa shape index (κ1) is 12.8. The molecule has 3 heteroatoms. The van der Waals surface area contributed by atoms with E-state index in [1.54, 1.807) is 6.92 Å². The normalized spacial score (nSPS) is 45.8. The summed E-state index contributed by atoms with van der Waals surface area (Å²) in [6, 6.07) is 0. The minimum atomic E-state index is -0.285. The van der Waals surface area contributed by atoms with Crippen molar-refractivity contribution in [3.05, 3.63) is 10.6 Å². The number of carbonyl (C=O) groups is 1. The Bertz CT molecular complexity index is 350. The Hall–Kier alpha value is 0.370. The van der Waals surface area contributed by atoms with Gasteiger partial charge in [0.25, 0.3) is 0 Å². The molecule has 0 saturated heterocycles. The van der Waals surface area contributed by atoms with Gasteiger partial charge in [0.2, 0.25) is 0 Å². The summed E-state index contributed by atoms with van der Waals surface area (Å²) in [6.07, 6.45) is 5.66. The van der Waals surface area contributed by atoms with Gasteiger partial charge in [0.05, 0.1) is 4.32 Å².